The zero-order valence-corrected chi connectivity index (χ0v) is 12.4. The standard InChI is InChI=1S/C11H17N7OS/c1-6(2)15-11-16-9(12)8(20-11)10(19)13-4-7-17-14-5-18(7)3/h5-6H,4,12H2,1-3H3,(H,13,19)(H,15,16). The number of rotatable bonds is 5. The summed E-state index contributed by atoms with van der Waals surface area (Å²) in [5, 5.41) is 14.1. The van der Waals surface area contributed by atoms with Crippen LogP contribution in [0.15, 0.2) is 6.33 Å². The van der Waals surface area contributed by atoms with E-state index in [0.29, 0.717) is 22.4 Å². The Labute approximate surface area is 120 Å². The van der Waals surface area contributed by atoms with Crippen molar-refractivity contribution in [3.63, 3.8) is 0 Å². The minimum absolute atomic E-state index is 0.230. The fraction of sp³-hybridized carbons (Fsp3) is 0.455. The number of hydrogen-bond acceptors (Lipinski definition) is 7. The van der Waals surface area contributed by atoms with Crippen molar-refractivity contribution in [2.45, 2.75) is 26.4 Å². The fourth-order valence-electron chi connectivity index (χ4n) is 1.51. The van der Waals surface area contributed by atoms with Crippen molar-refractivity contribution in [3.8, 4) is 0 Å². The number of carbonyl (C=O) groups excluding carboxylic acids is 1. The van der Waals surface area contributed by atoms with Crippen molar-refractivity contribution in [1.29, 1.82) is 0 Å². The lowest BCUT2D eigenvalue weighted by Gasteiger charge is -2.04. The van der Waals surface area contributed by atoms with E-state index in [2.05, 4.69) is 25.8 Å². The van der Waals surface area contributed by atoms with Gasteiger partial charge in [-0.1, -0.05) is 11.3 Å². The predicted octanol–water partition coefficient (Wildman–Crippen LogP) is 0.604. The van der Waals surface area contributed by atoms with Crippen molar-refractivity contribution in [3.05, 3.63) is 17.0 Å². The first-order valence-corrected chi connectivity index (χ1v) is 6.93. The Hall–Kier alpha value is -2.16. The quantitative estimate of drug-likeness (QED) is 0.745. The van der Waals surface area contributed by atoms with Gasteiger partial charge in [0.2, 0.25) is 0 Å². The lowest BCUT2D eigenvalue weighted by atomic mass is 10.4. The zero-order chi connectivity index (χ0) is 14.7. The second-order valence-electron chi connectivity index (χ2n) is 4.57. The highest BCUT2D eigenvalue weighted by atomic mass is 32.1. The summed E-state index contributed by atoms with van der Waals surface area (Å²) in [6.45, 7) is 4.27. The van der Waals surface area contributed by atoms with E-state index in [-0.39, 0.29) is 17.8 Å². The Balaban J connectivity index is 2.02. The summed E-state index contributed by atoms with van der Waals surface area (Å²) in [7, 11) is 1.81. The molecule has 0 bridgehead atoms. The van der Waals surface area contributed by atoms with Gasteiger partial charge in [-0.25, -0.2) is 4.98 Å². The predicted molar refractivity (Wildman–Crippen MR) is 77.5 cm³/mol. The summed E-state index contributed by atoms with van der Waals surface area (Å²) < 4.78 is 1.74. The molecule has 0 spiro atoms. The molecule has 0 aliphatic carbocycles. The second-order valence-corrected chi connectivity index (χ2v) is 5.57. The first-order chi connectivity index (χ1) is 9.47. The summed E-state index contributed by atoms with van der Waals surface area (Å²) in [4.78, 5) is 16.6. The van der Waals surface area contributed by atoms with Crippen molar-refractivity contribution in [2.24, 2.45) is 7.05 Å². The van der Waals surface area contributed by atoms with Gasteiger partial charge in [-0.3, -0.25) is 4.79 Å². The molecular formula is C11H17N7OS. The number of nitrogens with two attached hydrogens (primary N) is 1. The highest BCUT2D eigenvalue weighted by Gasteiger charge is 2.16. The second kappa shape index (κ2) is 5.87. The number of aromatic nitrogens is 4. The van der Waals surface area contributed by atoms with Gasteiger partial charge < -0.3 is 20.9 Å². The third-order valence-electron chi connectivity index (χ3n) is 2.48. The van der Waals surface area contributed by atoms with Gasteiger partial charge >= 0.3 is 0 Å². The van der Waals surface area contributed by atoms with Gasteiger partial charge in [0.05, 0.1) is 6.54 Å². The Morgan fingerprint density at radius 3 is 2.90 bits per heavy atom. The van der Waals surface area contributed by atoms with Gasteiger partial charge in [0, 0.05) is 13.1 Å². The molecule has 0 radical (unpaired) electrons. The average Bonchev–Trinajstić information content (AvgIpc) is 2.92. The van der Waals surface area contributed by atoms with Crippen LogP contribution in [0.2, 0.25) is 0 Å². The van der Waals surface area contributed by atoms with Crippen LogP contribution in [0.4, 0.5) is 10.9 Å². The SMILES string of the molecule is CC(C)Nc1nc(N)c(C(=O)NCc2nncn2C)s1. The number of hydrogen-bond donors (Lipinski definition) is 3. The van der Waals surface area contributed by atoms with Crippen molar-refractivity contribution in [1.82, 2.24) is 25.1 Å². The molecule has 0 atom stereocenters. The van der Waals surface area contributed by atoms with E-state index in [4.69, 9.17) is 5.73 Å². The Kier molecular flexibility index (Phi) is 4.18. The number of carbonyl (C=O) groups is 1. The molecule has 0 fully saturated rings. The molecule has 108 valence electrons. The van der Waals surface area contributed by atoms with E-state index >= 15 is 0 Å². The minimum atomic E-state index is -0.264. The van der Waals surface area contributed by atoms with E-state index in [1.165, 1.54) is 11.3 Å². The molecule has 20 heavy (non-hydrogen) atoms. The molecule has 0 aliphatic rings. The van der Waals surface area contributed by atoms with Crippen LogP contribution in [0.5, 0.6) is 0 Å². The maximum absolute atomic E-state index is 12.1. The Morgan fingerprint density at radius 2 is 2.30 bits per heavy atom. The molecule has 0 saturated heterocycles. The van der Waals surface area contributed by atoms with E-state index < -0.39 is 0 Å². The van der Waals surface area contributed by atoms with Gasteiger partial charge in [-0.2, -0.15) is 0 Å². The molecule has 0 saturated carbocycles. The summed E-state index contributed by atoms with van der Waals surface area (Å²) in [6, 6.07) is 0.232. The first-order valence-electron chi connectivity index (χ1n) is 6.11. The number of thiazole rings is 1. The van der Waals surface area contributed by atoms with E-state index in [1.807, 2.05) is 20.9 Å². The molecule has 2 aromatic heterocycles. The van der Waals surface area contributed by atoms with Crippen molar-refractivity contribution < 1.29 is 4.79 Å². The number of anilines is 2. The highest BCUT2D eigenvalue weighted by molar-refractivity contribution is 7.18. The average molecular weight is 295 g/mol. The molecule has 0 aliphatic heterocycles. The monoisotopic (exact) mass is 295 g/mol. The summed E-state index contributed by atoms with van der Waals surface area (Å²) in [5.41, 5.74) is 5.76. The molecule has 1 amide bonds. The first kappa shape index (κ1) is 14.3. The number of nitrogens with one attached hydrogen (secondary N) is 2. The molecule has 8 nitrogen and oxygen atoms in total. The van der Waals surface area contributed by atoms with E-state index in [9.17, 15) is 4.79 Å². The summed E-state index contributed by atoms with van der Waals surface area (Å²) in [5.74, 6) is 0.635. The van der Waals surface area contributed by atoms with Gasteiger partial charge in [0.15, 0.2) is 11.0 Å². The summed E-state index contributed by atoms with van der Waals surface area (Å²) in [6.07, 6.45) is 1.58. The van der Waals surface area contributed by atoms with Crippen LogP contribution in [0.25, 0.3) is 0 Å². The highest BCUT2D eigenvalue weighted by Crippen LogP contribution is 2.25. The van der Waals surface area contributed by atoms with Crippen LogP contribution in [-0.4, -0.2) is 31.7 Å². The van der Waals surface area contributed by atoms with Crippen LogP contribution < -0.4 is 16.4 Å². The number of aryl methyl sites for hydroxylation is 1. The number of amides is 1. The molecule has 2 heterocycles. The van der Waals surface area contributed by atoms with Gasteiger partial charge in [0.25, 0.3) is 5.91 Å². The molecule has 4 N–H and O–H groups in total. The van der Waals surface area contributed by atoms with Crippen LogP contribution in [0, 0.1) is 0 Å². The largest absolute Gasteiger partial charge is 0.382 e. The van der Waals surface area contributed by atoms with Crippen LogP contribution >= 0.6 is 11.3 Å². The van der Waals surface area contributed by atoms with Gasteiger partial charge in [0.1, 0.15) is 17.0 Å². The van der Waals surface area contributed by atoms with Gasteiger partial charge in [-0.05, 0) is 13.8 Å². The molecule has 0 unspecified atom stereocenters. The molecule has 9 heteroatoms. The topological polar surface area (TPSA) is 111 Å². The lowest BCUT2D eigenvalue weighted by Crippen LogP contribution is -2.24. The third-order valence-corrected chi connectivity index (χ3v) is 3.49. The van der Waals surface area contributed by atoms with Crippen LogP contribution in [0.3, 0.4) is 0 Å². The molecule has 2 rings (SSSR count). The Morgan fingerprint density at radius 1 is 1.55 bits per heavy atom. The normalized spacial score (nSPS) is 10.8. The van der Waals surface area contributed by atoms with Crippen molar-refractivity contribution in [2.75, 3.05) is 11.1 Å². The molecule has 0 aromatic carbocycles. The maximum atomic E-state index is 12.1. The van der Waals surface area contributed by atoms with E-state index in [0.717, 1.165) is 0 Å². The van der Waals surface area contributed by atoms with Crippen molar-refractivity contribution >= 4 is 28.2 Å². The third kappa shape index (κ3) is 3.23. The summed E-state index contributed by atoms with van der Waals surface area (Å²) >= 11 is 1.24. The minimum Gasteiger partial charge on any atom is -0.382 e. The maximum Gasteiger partial charge on any atom is 0.265 e. The molecule has 2 aromatic rings. The van der Waals surface area contributed by atoms with Crippen LogP contribution in [-0.2, 0) is 13.6 Å². The van der Waals surface area contributed by atoms with E-state index in [1.54, 1.807) is 10.9 Å². The Bertz CT molecular complexity index is 604. The van der Waals surface area contributed by atoms with Gasteiger partial charge in [-0.15, -0.1) is 10.2 Å². The number of nitrogen functional groups attached to an aromatic ring is 1. The zero-order valence-electron chi connectivity index (χ0n) is 11.5. The number of nitrogens with zero attached hydrogens (tertiary/aromatic N) is 4. The molecular weight excluding hydrogens is 278 g/mol. The lowest BCUT2D eigenvalue weighted by molar-refractivity contribution is 0.0954. The fourth-order valence-corrected chi connectivity index (χ4v) is 2.46. The smallest absolute Gasteiger partial charge is 0.265 e. The van der Waals surface area contributed by atoms with Crippen LogP contribution in [0.1, 0.15) is 29.3 Å².